The van der Waals surface area contributed by atoms with Gasteiger partial charge in [-0.05, 0) is 40.7 Å². The lowest BCUT2D eigenvalue weighted by Crippen LogP contribution is -2.42. The molecule has 3 nitrogen and oxygen atoms in total. The molecule has 1 aliphatic rings. The third-order valence-corrected chi connectivity index (χ3v) is 4.62. The standard InChI is InChI=1S/C20H23N2O/c1-14(2)16-9-7-15(8-10-16)13-22-12-11-17-5-3-4-6-18(17)19(22)20(21)23/h4-10,14,19H,11-13H2,1-2H3,(H2,21,23). The molecule has 119 valence electrons. The van der Waals surface area contributed by atoms with Crippen LogP contribution in [0.4, 0.5) is 0 Å². The van der Waals surface area contributed by atoms with Crippen molar-refractivity contribution in [3.05, 3.63) is 70.8 Å². The Morgan fingerprint density at radius 2 is 2.04 bits per heavy atom. The molecule has 23 heavy (non-hydrogen) atoms. The first-order chi connectivity index (χ1) is 11.1. The van der Waals surface area contributed by atoms with E-state index in [9.17, 15) is 4.79 Å². The first-order valence-electron chi connectivity index (χ1n) is 8.17. The summed E-state index contributed by atoms with van der Waals surface area (Å²) in [5, 5.41) is 0. The second-order valence-corrected chi connectivity index (χ2v) is 6.55. The lowest BCUT2D eigenvalue weighted by Gasteiger charge is -2.35. The average Bonchev–Trinajstić information content (AvgIpc) is 2.54. The van der Waals surface area contributed by atoms with E-state index in [2.05, 4.69) is 49.1 Å². The maximum Gasteiger partial charge on any atom is 0.239 e. The number of fused-ring (bicyclic) bond motifs is 1. The highest BCUT2D eigenvalue weighted by Gasteiger charge is 2.31. The minimum Gasteiger partial charge on any atom is -0.368 e. The fourth-order valence-corrected chi connectivity index (χ4v) is 3.30. The van der Waals surface area contributed by atoms with E-state index < -0.39 is 0 Å². The minimum absolute atomic E-state index is 0.282. The monoisotopic (exact) mass is 307 g/mol. The highest BCUT2D eigenvalue weighted by Crippen LogP contribution is 2.30. The van der Waals surface area contributed by atoms with Gasteiger partial charge in [-0.3, -0.25) is 9.69 Å². The van der Waals surface area contributed by atoms with E-state index >= 15 is 0 Å². The zero-order valence-electron chi connectivity index (χ0n) is 13.8. The zero-order chi connectivity index (χ0) is 16.4. The van der Waals surface area contributed by atoms with Crippen molar-refractivity contribution in [1.82, 2.24) is 4.90 Å². The number of carbonyl (C=O) groups is 1. The van der Waals surface area contributed by atoms with Crippen LogP contribution in [0.5, 0.6) is 0 Å². The predicted octanol–water partition coefficient (Wildman–Crippen LogP) is 3.19. The second-order valence-electron chi connectivity index (χ2n) is 6.55. The summed E-state index contributed by atoms with van der Waals surface area (Å²) < 4.78 is 0. The van der Waals surface area contributed by atoms with Crippen molar-refractivity contribution in [3.8, 4) is 0 Å². The summed E-state index contributed by atoms with van der Waals surface area (Å²) in [4.78, 5) is 14.2. The maximum atomic E-state index is 12.0. The van der Waals surface area contributed by atoms with Crippen LogP contribution >= 0.6 is 0 Å². The molecule has 0 aromatic heterocycles. The molecule has 0 spiro atoms. The summed E-state index contributed by atoms with van der Waals surface area (Å²) in [5.74, 6) is 0.247. The highest BCUT2D eigenvalue weighted by molar-refractivity contribution is 5.82. The van der Waals surface area contributed by atoms with E-state index in [1.807, 2.05) is 18.2 Å². The Labute approximate surface area is 138 Å². The molecule has 1 amide bonds. The van der Waals surface area contributed by atoms with Crippen molar-refractivity contribution >= 4 is 5.91 Å². The Hall–Kier alpha value is -2.13. The van der Waals surface area contributed by atoms with Gasteiger partial charge in [0.1, 0.15) is 6.04 Å². The molecule has 1 aliphatic heterocycles. The predicted molar refractivity (Wildman–Crippen MR) is 91.9 cm³/mol. The van der Waals surface area contributed by atoms with Gasteiger partial charge in [0, 0.05) is 13.1 Å². The average molecular weight is 307 g/mol. The Morgan fingerprint density at radius 3 is 2.70 bits per heavy atom. The Bertz CT molecular complexity index is 691. The number of amides is 1. The number of nitrogens with zero attached hydrogens (tertiary/aromatic N) is 1. The molecular formula is C20H23N2O. The topological polar surface area (TPSA) is 46.3 Å². The van der Waals surface area contributed by atoms with E-state index in [-0.39, 0.29) is 11.9 Å². The summed E-state index contributed by atoms with van der Waals surface area (Å²) in [5.41, 5.74) is 10.5. The van der Waals surface area contributed by atoms with Crippen LogP contribution in [0.2, 0.25) is 0 Å². The summed E-state index contributed by atoms with van der Waals surface area (Å²) in [7, 11) is 0. The summed E-state index contributed by atoms with van der Waals surface area (Å²) in [6.45, 7) is 5.96. The van der Waals surface area contributed by atoms with Gasteiger partial charge < -0.3 is 5.73 Å². The molecule has 3 rings (SSSR count). The number of rotatable bonds is 4. The normalized spacial score (nSPS) is 18.0. The van der Waals surface area contributed by atoms with Gasteiger partial charge in [0.2, 0.25) is 5.91 Å². The third-order valence-electron chi connectivity index (χ3n) is 4.62. The van der Waals surface area contributed by atoms with Crippen LogP contribution in [0.15, 0.2) is 42.5 Å². The summed E-state index contributed by atoms with van der Waals surface area (Å²) in [6, 6.07) is 17.2. The number of hydrogen-bond acceptors (Lipinski definition) is 2. The Morgan fingerprint density at radius 1 is 1.30 bits per heavy atom. The fourth-order valence-electron chi connectivity index (χ4n) is 3.30. The van der Waals surface area contributed by atoms with Gasteiger partial charge in [-0.2, -0.15) is 0 Å². The summed E-state index contributed by atoms with van der Waals surface area (Å²) >= 11 is 0. The van der Waals surface area contributed by atoms with Crippen LogP contribution < -0.4 is 5.73 Å². The maximum absolute atomic E-state index is 12.0. The number of benzene rings is 2. The molecule has 2 aromatic rings. The number of hydrogen-bond donors (Lipinski definition) is 1. The molecule has 2 aromatic carbocycles. The van der Waals surface area contributed by atoms with Crippen molar-refractivity contribution in [2.24, 2.45) is 5.73 Å². The van der Waals surface area contributed by atoms with Crippen LogP contribution in [0.25, 0.3) is 0 Å². The Kier molecular flexibility index (Phi) is 4.49. The van der Waals surface area contributed by atoms with Gasteiger partial charge in [-0.1, -0.05) is 56.3 Å². The van der Waals surface area contributed by atoms with E-state index in [0.29, 0.717) is 5.92 Å². The van der Waals surface area contributed by atoms with Crippen LogP contribution in [-0.4, -0.2) is 17.4 Å². The third kappa shape index (κ3) is 3.30. The second kappa shape index (κ2) is 6.55. The molecule has 0 aliphatic carbocycles. The molecule has 1 atom stereocenters. The molecule has 1 heterocycles. The van der Waals surface area contributed by atoms with Crippen molar-refractivity contribution in [2.75, 3.05) is 6.54 Å². The van der Waals surface area contributed by atoms with Crippen LogP contribution in [0, 0.1) is 6.07 Å². The Balaban J connectivity index is 1.83. The minimum atomic E-state index is -0.349. The zero-order valence-corrected chi connectivity index (χ0v) is 13.8. The van der Waals surface area contributed by atoms with Gasteiger partial charge in [-0.15, -0.1) is 0 Å². The molecule has 0 saturated carbocycles. The van der Waals surface area contributed by atoms with Gasteiger partial charge in [0.25, 0.3) is 0 Å². The first-order valence-corrected chi connectivity index (χ1v) is 8.17. The van der Waals surface area contributed by atoms with E-state index in [1.165, 1.54) is 16.7 Å². The lowest BCUT2D eigenvalue weighted by molar-refractivity contribution is -0.124. The molecule has 3 heteroatoms. The van der Waals surface area contributed by atoms with Gasteiger partial charge in [0.15, 0.2) is 0 Å². The van der Waals surface area contributed by atoms with Crippen LogP contribution in [-0.2, 0) is 17.8 Å². The van der Waals surface area contributed by atoms with Crippen LogP contribution in [0.1, 0.15) is 48.1 Å². The first kappa shape index (κ1) is 15.8. The molecular weight excluding hydrogens is 284 g/mol. The quantitative estimate of drug-likeness (QED) is 0.943. The van der Waals surface area contributed by atoms with Crippen molar-refractivity contribution in [1.29, 1.82) is 0 Å². The molecule has 0 fully saturated rings. The highest BCUT2D eigenvalue weighted by atomic mass is 16.1. The SMILES string of the molecule is CC(C)c1ccc(CN2CCc3c[c]ccc3C2C(N)=O)cc1. The summed E-state index contributed by atoms with van der Waals surface area (Å²) in [6.07, 6.45) is 0.931. The molecule has 0 bridgehead atoms. The molecule has 2 N–H and O–H groups in total. The van der Waals surface area contributed by atoms with Crippen molar-refractivity contribution < 1.29 is 4.79 Å². The molecule has 0 saturated heterocycles. The smallest absolute Gasteiger partial charge is 0.239 e. The number of primary amides is 1. The molecule has 1 unspecified atom stereocenters. The fraction of sp³-hybridized carbons (Fsp3) is 0.350. The van der Waals surface area contributed by atoms with Gasteiger partial charge in [0.05, 0.1) is 0 Å². The van der Waals surface area contributed by atoms with Crippen molar-refractivity contribution in [3.63, 3.8) is 0 Å². The van der Waals surface area contributed by atoms with Gasteiger partial charge in [-0.25, -0.2) is 0 Å². The van der Waals surface area contributed by atoms with E-state index in [0.717, 1.165) is 25.1 Å². The van der Waals surface area contributed by atoms with E-state index in [1.54, 1.807) is 0 Å². The number of carbonyl (C=O) groups excluding carboxylic acids is 1. The van der Waals surface area contributed by atoms with Crippen LogP contribution in [0.3, 0.4) is 0 Å². The van der Waals surface area contributed by atoms with Gasteiger partial charge >= 0.3 is 0 Å². The largest absolute Gasteiger partial charge is 0.368 e. The number of nitrogens with two attached hydrogens (primary N) is 1. The van der Waals surface area contributed by atoms with Crippen molar-refractivity contribution in [2.45, 2.75) is 38.8 Å². The van der Waals surface area contributed by atoms with E-state index in [4.69, 9.17) is 5.73 Å². The lowest BCUT2D eigenvalue weighted by atomic mass is 9.91. The molecule has 1 radical (unpaired) electrons.